The van der Waals surface area contributed by atoms with E-state index in [1.807, 2.05) is 0 Å². The van der Waals surface area contributed by atoms with Gasteiger partial charge in [-0.15, -0.1) is 0 Å². The van der Waals surface area contributed by atoms with Gasteiger partial charge in [0.25, 0.3) is 0 Å². The van der Waals surface area contributed by atoms with Gasteiger partial charge in [0.2, 0.25) is 0 Å². The number of phenols is 6. The van der Waals surface area contributed by atoms with Gasteiger partial charge in [-0.2, -0.15) is 0 Å². The lowest BCUT2D eigenvalue weighted by Crippen LogP contribution is -2.42. The number of benzene rings is 6. The molecule has 6 unspecified atom stereocenters. The number of aliphatic hydroxyl groups is 6. The van der Waals surface area contributed by atoms with Crippen molar-refractivity contribution in [3.63, 3.8) is 0 Å². The van der Waals surface area contributed by atoms with Crippen LogP contribution in [0.4, 0.5) is 0 Å². The average molecular weight is 1670 g/mol. The van der Waals surface area contributed by atoms with Crippen LogP contribution in [0, 0.1) is 0 Å². The van der Waals surface area contributed by atoms with Crippen molar-refractivity contribution in [2.75, 3.05) is 123 Å². The Bertz CT molecular complexity index is 7450. The number of likely N-dealkylation sites (N-methyl/N-ethyl adjacent to an activating group) is 6. The molecule has 636 valence electrons. The minimum Gasteiger partial charge on any atom is -0.508 e. The molecular weight excluding hydrogens is 1430 g/mol. The van der Waals surface area contributed by atoms with Crippen LogP contribution < -0.4 is 0 Å². The number of hydrogen-bond acceptors (Lipinski definition) is 18. The molecule has 114 heavy (non-hydrogen) atoms. The molecule has 0 heterocycles. The smallest absolute Gasteiger partial charge is 0.115 e. The summed E-state index contributed by atoms with van der Waals surface area (Å²) in [6, 6.07) is 24.2. The zero-order chi connectivity index (χ0) is 158. The van der Waals surface area contributed by atoms with Crippen LogP contribution in [0.15, 0.2) is 146 Å². The van der Waals surface area contributed by atoms with Gasteiger partial charge in [0.05, 0.1) is 33.6 Å². The van der Waals surface area contributed by atoms with Crippen LogP contribution in [0.25, 0.3) is 0 Å². The topological polar surface area (TPSA) is 262 Å². The third-order valence-corrected chi connectivity index (χ3v) is 16.2. The van der Waals surface area contributed by atoms with Gasteiger partial charge in [-0.3, -0.25) is 0 Å². The summed E-state index contributed by atoms with van der Waals surface area (Å²) in [7, 11) is 7.15. The molecule has 12 N–H and O–H groups in total. The Labute approximate surface area is 805 Å². The minimum absolute atomic E-state index is 0.0794. The number of aromatic hydroxyl groups is 6. The van der Waals surface area contributed by atoms with E-state index in [-0.39, 0.29) is 60.8 Å². The Balaban J connectivity index is 0.000000317. The van der Waals surface area contributed by atoms with Crippen molar-refractivity contribution in [1.29, 1.82) is 0 Å². The standard InChI is InChI=1S/6C16H25NO2/c6*1-17(2)12-15(13-6-8-14(18)9-7-13)16(19)10-4-3-5-11-16/h6*6-9,15,18-19H,3-5,10-12H2,1-2H3/i1D3,2D3,3D2,4D2,5D2,10D2,11D2,12D2;1D3,3D2,4D2,5D2,10D2,11D2,12D2;1D3,2D3,3D2,4D2,5D2,10D2,11D2;3D2,4D2,5D2,10D2,11D2,15D;3D2,4D2,5D2,10D2,11D2,12D2;1D3,3D2,4D2,5D2,10D2,11D2. The fraction of sp³-hybridized carbons (Fsp3) is 0.625. The second-order valence-electron chi connectivity index (χ2n) is 25.6. The van der Waals surface area contributed by atoms with E-state index in [9.17, 15) is 61.3 Å². The van der Waals surface area contributed by atoms with Crippen molar-refractivity contribution in [3.8, 4) is 34.5 Å². The zero-order valence-corrected chi connectivity index (χ0v) is 61.9. The first-order valence-corrected chi connectivity index (χ1v) is 33.7. The molecule has 6 aromatic rings. The Kier molecular flexibility index (Phi) is 12.4. The third kappa shape index (κ3) is 29.6. The summed E-state index contributed by atoms with van der Waals surface area (Å²) in [5.41, 5.74) is -25.4. The summed E-state index contributed by atoms with van der Waals surface area (Å²) in [5, 5.41) is 128. The highest BCUT2D eigenvalue weighted by atomic mass is 16.3. The second-order valence-corrected chi connectivity index (χ2v) is 25.6. The predicted octanol–water partition coefficient (Wildman–Crippen LogP) is 16.4. The Morgan fingerprint density at radius 1 is 0.254 bits per heavy atom. The molecule has 6 aromatic carbocycles. The summed E-state index contributed by atoms with van der Waals surface area (Å²) < 4.78 is 688. The molecular formula is C96H150N6O12. The van der Waals surface area contributed by atoms with Crippen molar-refractivity contribution in [2.24, 2.45) is 0 Å². The van der Waals surface area contributed by atoms with E-state index in [2.05, 4.69) is 0 Å². The van der Waals surface area contributed by atoms with Crippen LogP contribution in [0.3, 0.4) is 0 Å². The van der Waals surface area contributed by atoms with Gasteiger partial charge in [0.1, 0.15) is 34.5 Å². The molecule has 0 aliphatic heterocycles. The van der Waals surface area contributed by atoms with Crippen LogP contribution in [-0.2, 0) is 0 Å². The molecule has 0 amide bonds. The summed E-state index contributed by atoms with van der Waals surface area (Å²) in [6.45, 7) is -33.4. The van der Waals surface area contributed by atoms with E-state index in [4.69, 9.17) is 117 Å². The van der Waals surface area contributed by atoms with Crippen LogP contribution >= 0.6 is 0 Å². The normalized spacial score (nSPS) is 46.0. The first-order chi connectivity index (χ1) is 86.7. The first-order valence-electron chi connectivity index (χ1n) is 76.2. The molecule has 0 aromatic heterocycles. The highest BCUT2D eigenvalue weighted by molar-refractivity contribution is 5.36. The number of rotatable bonds is 24. The summed E-state index contributed by atoms with van der Waals surface area (Å²) in [6.07, 6.45) is -116. The second kappa shape index (κ2) is 45.5. The van der Waals surface area contributed by atoms with E-state index in [0.717, 1.165) is 165 Å². The fourth-order valence-corrected chi connectivity index (χ4v) is 10.8. The molecule has 6 aliphatic carbocycles. The molecule has 0 bridgehead atoms. The third-order valence-electron chi connectivity index (χ3n) is 16.2. The monoisotopic (exact) mass is 1660 g/mol. The maximum atomic E-state index is 11.8. The van der Waals surface area contributed by atoms with E-state index in [0.29, 0.717) is 4.90 Å². The lowest BCUT2D eigenvalue weighted by atomic mass is 9.72. The van der Waals surface area contributed by atoms with Gasteiger partial charge in [-0.05, 0) is 267 Å². The summed E-state index contributed by atoms with van der Waals surface area (Å²) >= 11 is 0. The molecule has 18 nitrogen and oxygen atoms in total. The largest absolute Gasteiger partial charge is 0.508 e. The van der Waals surface area contributed by atoms with Gasteiger partial charge in [0.15, 0.2) is 0 Å². The Hall–Kier alpha value is -6.36. The molecule has 18 heteroatoms. The number of hydrogen-bond donors (Lipinski definition) is 12. The van der Waals surface area contributed by atoms with Gasteiger partial charge < -0.3 is 90.7 Å². The molecule has 12 rings (SSSR count). The van der Waals surface area contributed by atoms with Gasteiger partial charge >= 0.3 is 0 Å². The minimum atomic E-state index is -4.31. The van der Waals surface area contributed by atoms with Crippen LogP contribution in [0.5, 0.6) is 34.5 Å². The number of nitrogens with zero attached hydrogens (tertiary/aromatic N) is 6. The van der Waals surface area contributed by atoms with Crippen molar-refractivity contribution in [2.45, 2.75) is 260 Å². The summed E-state index contributed by atoms with van der Waals surface area (Å²) in [4.78, 5) is 2.11. The van der Waals surface area contributed by atoms with E-state index in [1.54, 1.807) is 0 Å². The fourth-order valence-electron chi connectivity index (χ4n) is 10.8. The van der Waals surface area contributed by atoms with E-state index >= 15 is 0 Å². The zero-order valence-electron chi connectivity index (χ0n) is 147. The molecule has 0 radical (unpaired) electrons. The molecule has 6 atom stereocenters. The van der Waals surface area contributed by atoms with Crippen molar-refractivity contribution in [3.05, 3.63) is 179 Å². The molecule has 6 aliphatic rings. The van der Waals surface area contributed by atoms with E-state index < -0.39 is 363 Å². The lowest BCUT2D eigenvalue weighted by Gasteiger charge is -2.40. The van der Waals surface area contributed by atoms with Crippen LogP contribution in [-0.4, -0.2) is 248 Å². The number of phenolic OH excluding ortho intramolecular Hbond substituents is 6. The quantitative estimate of drug-likeness (QED) is 0.0269. The van der Waals surface area contributed by atoms with Gasteiger partial charge in [-0.1, -0.05) is 188 Å². The highest BCUT2D eigenvalue weighted by Gasteiger charge is 2.45. The predicted molar refractivity (Wildman–Crippen MR) is 465 cm³/mol. The highest BCUT2D eigenvalue weighted by Crippen LogP contribution is 2.47. The van der Waals surface area contributed by atoms with Crippen molar-refractivity contribution >= 4 is 0 Å². The van der Waals surface area contributed by atoms with Crippen LogP contribution in [0.1, 0.15) is 377 Å². The molecule has 6 fully saturated rings. The van der Waals surface area contributed by atoms with Crippen LogP contribution in [0.2, 0.25) is 0 Å². The summed E-state index contributed by atoms with van der Waals surface area (Å²) in [5.74, 6) is -16.8. The maximum absolute atomic E-state index is 11.8. The maximum Gasteiger partial charge on any atom is 0.115 e. The first kappa shape index (κ1) is 31.0. The van der Waals surface area contributed by atoms with Gasteiger partial charge in [-0.25, -0.2) is 0 Å². The van der Waals surface area contributed by atoms with Crippen molar-refractivity contribution < 1.29 is 178 Å². The molecule has 0 spiro atoms. The molecule has 6 saturated carbocycles. The van der Waals surface area contributed by atoms with Gasteiger partial charge in [0, 0.05) is 191 Å². The SMILES string of the molecule is [2H]C(CN(C)C)(c1ccc(O)cc1)C1(O)C([2H])([2H])C([2H])([2H])C([2H])([2H])C([2H])([2H])C1([2H])[2H].[2H]C([2H])(C(c1ccc(O)cc1)C1(O)C([2H])([2H])C([2H])([2H])C([2H])([2H])C([2H])([2H])C1([2H])[2H])N(C)C.[2H]C([2H])([2H])N(C([2H])([2H])[2H])C([2H])([2H])C(c1ccc(O)cc1)C1(O)C([2H])([2H])C([2H])([2H])C([2H])([2H])C([2H])([2H])C1([2H])[2H].[2H]C([2H])([2H])N(C)C([2H])([2H])C(c1ccc(O)cc1)C1(O)C([2H])([2H])C([2H])([2H])C([2H])([2H])C([2H])([2H])C1([2H])[2H].[2H]C([2H])([2H])N(C)CC(c1ccc(O)cc1)C1(O)C([2H])([2H])C([2H])([2H])C([2H])([2H])C([2H])([2H])C1([2H])[2H].[2H]C([2H])([2H])N(CC(c1ccc(O)cc1)C1(O)C([2H])([2H])C([2H])([2H])C([2H])([2H])C([2H])([2H])C1([2H])[2H])C([2H])([2H])[2H]. The lowest BCUT2D eigenvalue weighted by molar-refractivity contribution is -0.0280. The average Bonchev–Trinajstić information content (AvgIpc) is 0.646. The van der Waals surface area contributed by atoms with Crippen molar-refractivity contribution in [1.82, 2.24) is 29.4 Å². The Morgan fingerprint density at radius 3 is 0.693 bits per heavy atom. The Morgan fingerprint density at radius 2 is 0.456 bits per heavy atom. The van der Waals surface area contributed by atoms with E-state index in [1.165, 1.54) is 33.1 Å². The molecule has 0 saturated heterocycles.